The van der Waals surface area contributed by atoms with Gasteiger partial charge in [0.15, 0.2) is 0 Å². The van der Waals surface area contributed by atoms with Crippen molar-refractivity contribution in [3.05, 3.63) is 71.0 Å². The van der Waals surface area contributed by atoms with Crippen molar-refractivity contribution >= 4 is 17.4 Å². The number of nitrogens with two attached hydrogens (primary N) is 1. The third-order valence-electron chi connectivity index (χ3n) is 3.52. The van der Waals surface area contributed by atoms with E-state index in [1.807, 2.05) is 47.9 Å². The number of hydrogen-bond acceptors (Lipinski definition) is 2. The number of anilines is 1. The smallest absolute Gasteiger partial charge is 0.131 e. The minimum absolute atomic E-state index is 0.652. The number of nitrogen functional groups attached to an aromatic ring is 1. The van der Waals surface area contributed by atoms with E-state index in [1.165, 1.54) is 5.56 Å². The summed E-state index contributed by atoms with van der Waals surface area (Å²) in [5.74, 6) is 0.652. The summed E-state index contributed by atoms with van der Waals surface area (Å²) in [6.45, 7) is 2.68. The molecule has 4 heteroatoms. The fourth-order valence-electron chi connectivity index (χ4n) is 2.26. The van der Waals surface area contributed by atoms with Gasteiger partial charge in [-0.3, -0.25) is 0 Å². The van der Waals surface area contributed by atoms with Gasteiger partial charge >= 0.3 is 0 Å². The zero-order valence-corrected chi connectivity index (χ0v) is 12.5. The van der Waals surface area contributed by atoms with Crippen molar-refractivity contribution in [2.45, 2.75) is 13.5 Å². The molecule has 0 spiro atoms. The summed E-state index contributed by atoms with van der Waals surface area (Å²) in [5, 5.41) is 0.726. The lowest BCUT2D eigenvalue weighted by Gasteiger charge is -2.07. The van der Waals surface area contributed by atoms with Gasteiger partial charge in [-0.05, 0) is 24.1 Å². The van der Waals surface area contributed by atoms with Crippen molar-refractivity contribution in [1.29, 1.82) is 0 Å². The molecule has 0 atom stereocenters. The van der Waals surface area contributed by atoms with Crippen LogP contribution < -0.4 is 5.73 Å². The number of rotatable bonds is 3. The zero-order chi connectivity index (χ0) is 14.8. The normalized spacial score (nSPS) is 10.8. The lowest BCUT2D eigenvalue weighted by molar-refractivity contribution is 0.808. The zero-order valence-electron chi connectivity index (χ0n) is 11.8. The Morgan fingerprint density at radius 3 is 2.62 bits per heavy atom. The molecular formula is C17H16ClN3. The maximum absolute atomic E-state index is 6.23. The predicted molar refractivity (Wildman–Crippen MR) is 87.4 cm³/mol. The molecule has 0 aliphatic heterocycles. The molecule has 0 bridgehead atoms. The van der Waals surface area contributed by atoms with Gasteiger partial charge in [-0.2, -0.15) is 0 Å². The molecule has 3 aromatic rings. The van der Waals surface area contributed by atoms with Crippen molar-refractivity contribution < 1.29 is 0 Å². The van der Waals surface area contributed by atoms with Gasteiger partial charge in [0.2, 0.25) is 0 Å². The topological polar surface area (TPSA) is 43.8 Å². The monoisotopic (exact) mass is 297 g/mol. The molecule has 0 aliphatic rings. The third kappa shape index (κ3) is 2.78. The Hall–Kier alpha value is -2.26. The largest absolute Gasteiger partial charge is 0.383 e. The van der Waals surface area contributed by atoms with Crippen LogP contribution >= 0.6 is 11.6 Å². The molecule has 2 N–H and O–H groups in total. The van der Waals surface area contributed by atoms with Crippen LogP contribution in [0.25, 0.3) is 11.3 Å². The number of benzene rings is 2. The molecule has 1 aromatic heterocycles. The van der Waals surface area contributed by atoms with Gasteiger partial charge in [0.1, 0.15) is 11.5 Å². The van der Waals surface area contributed by atoms with Gasteiger partial charge in [0.25, 0.3) is 0 Å². The van der Waals surface area contributed by atoms with E-state index >= 15 is 0 Å². The molecule has 1 heterocycles. The van der Waals surface area contributed by atoms with Crippen LogP contribution in [0.5, 0.6) is 0 Å². The number of aromatic nitrogens is 2. The first-order chi connectivity index (χ1) is 10.1. The molecule has 0 amide bonds. The van der Waals surface area contributed by atoms with Crippen LogP contribution in [0.15, 0.2) is 54.9 Å². The van der Waals surface area contributed by atoms with Gasteiger partial charge in [0.05, 0.1) is 12.9 Å². The minimum atomic E-state index is 0.652. The van der Waals surface area contributed by atoms with Crippen LogP contribution in [0.2, 0.25) is 5.02 Å². The molecule has 3 rings (SSSR count). The highest BCUT2D eigenvalue weighted by atomic mass is 35.5. The second-order valence-electron chi connectivity index (χ2n) is 5.06. The number of aryl methyl sites for hydroxylation is 1. The summed E-state index contributed by atoms with van der Waals surface area (Å²) >= 11 is 6.18. The summed E-state index contributed by atoms with van der Waals surface area (Å²) < 4.78 is 1.94. The molecule has 2 aromatic carbocycles. The van der Waals surface area contributed by atoms with Gasteiger partial charge in [-0.25, -0.2) is 4.98 Å². The molecular weight excluding hydrogens is 282 g/mol. The van der Waals surface area contributed by atoms with Gasteiger partial charge in [0, 0.05) is 10.6 Å². The molecule has 0 saturated carbocycles. The average Bonchev–Trinajstić information content (AvgIpc) is 2.84. The van der Waals surface area contributed by atoms with Crippen LogP contribution in [0.4, 0.5) is 5.82 Å². The number of hydrogen-bond donors (Lipinski definition) is 1. The van der Waals surface area contributed by atoms with Gasteiger partial charge in [-0.1, -0.05) is 54.1 Å². The van der Waals surface area contributed by atoms with Crippen molar-refractivity contribution in [3.63, 3.8) is 0 Å². The lowest BCUT2D eigenvalue weighted by atomic mass is 10.1. The van der Waals surface area contributed by atoms with E-state index < -0.39 is 0 Å². The summed E-state index contributed by atoms with van der Waals surface area (Å²) in [7, 11) is 0. The second-order valence-corrected chi connectivity index (χ2v) is 5.46. The van der Waals surface area contributed by atoms with Crippen molar-refractivity contribution in [1.82, 2.24) is 9.55 Å². The van der Waals surface area contributed by atoms with Crippen LogP contribution in [0.1, 0.15) is 11.1 Å². The second kappa shape index (κ2) is 5.62. The van der Waals surface area contributed by atoms with Crippen LogP contribution in [0.3, 0.4) is 0 Å². The summed E-state index contributed by atoms with van der Waals surface area (Å²) in [4.78, 5) is 4.43. The SMILES string of the molecule is Cc1ccc(-c2ncn(Cc3ccccc3)c2N)cc1Cl. The molecule has 0 unspecified atom stereocenters. The fourth-order valence-corrected chi connectivity index (χ4v) is 2.44. The van der Waals surface area contributed by atoms with Crippen LogP contribution in [0, 0.1) is 6.92 Å². The number of imidazole rings is 1. The first-order valence-corrected chi connectivity index (χ1v) is 7.14. The van der Waals surface area contributed by atoms with Crippen molar-refractivity contribution in [2.75, 3.05) is 5.73 Å². The van der Waals surface area contributed by atoms with Crippen LogP contribution in [-0.4, -0.2) is 9.55 Å². The standard InChI is InChI=1S/C17H16ClN3/c1-12-7-8-14(9-15(12)18)16-17(19)21(11-20-16)10-13-5-3-2-4-6-13/h2-9,11H,10,19H2,1H3. The highest BCUT2D eigenvalue weighted by Gasteiger charge is 2.11. The first kappa shape index (κ1) is 13.7. The van der Waals surface area contributed by atoms with Crippen molar-refractivity contribution in [3.8, 4) is 11.3 Å². The Bertz CT molecular complexity index is 763. The van der Waals surface area contributed by atoms with Gasteiger partial charge in [-0.15, -0.1) is 0 Å². The number of nitrogens with zero attached hydrogens (tertiary/aromatic N) is 2. The Labute approximate surface area is 129 Å². The summed E-state index contributed by atoms with van der Waals surface area (Å²) in [5.41, 5.74) is 10.2. The molecule has 21 heavy (non-hydrogen) atoms. The molecule has 3 nitrogen and oxygen atoms in total. The maximum Gasteiger partial charge on any atom is 0.131 e. The Balaban J connectivity index is 1.93. The molecule has 106 valence electrons. The average molecular weight is 298 g/mol. The van der Waals surface area contributed by atoms with Crippen molar-refractivity contribution in [2.24, 2.45) is 0 Å². The lowest BCUT2D eigenvalue weighted by Crippen LogP contribution is -2.03. The van der Waals surface area contributed by atoms with E-state index in [0.29, 0.717) is 12.4 Å². The highest BCUT2D eigenvalue weighted by Crippen LogP contribution is 2.28. The Morgan fingerprint density at radius 2 is 1.90 bits per heavy atom. The molecule has 0 fully saturated rings. The fraction of sp³-hybridized carbons (Fsp3) is 0.118. The van der Waals surface area contributed by atoms with E-state index in [-0.39, 0.29) is 0 Å². The Kier molecular flexibility index (Phi) is 3.67. The third-order valence-corrected chi connectivity index (χ3v) is 3.93. The quantitative estimate of drug-likeness (QED) is 0.789. The summed E-state index contributed by atoms with van der Waals surface area (Å²) in [6, 6.07) is 16.1. The molecule has 0 radical (unpaired) electrons. The number of halogens is 1. The molecule has 0 saturated heterocycles. The van der Waals surface area contributed by atoms with E-state index in [0.717, 1.165) is 21.8 Å². The Morgan fingerprint density at radius 1 is 1.14 bits per heavy atom. The van der Waals surface area contributed by atoms with E-state index in [9.17, 15) is 0 Å². The van der Waals surface area contributed by atoms with E-state index in [4.69, 9.17) is 17.3 Å². The molecule has 0 aliphatic carbocycles. The maximum atomic E-state index is 6.23. The van der Waals surface area contributed by atoms with Gasteiger partial charge < -0.3 is 10.3 Å². The first-order valence-electron chi connectivity index (χ1n) is 6.76. The van der Waals surface area contributed by atoms with E-state index in [2.05, 4.69) is 17.1 Å². The van der Waals surface area contributed by atoms with Crippen LogP contribution in [-0.2, 0) is 6.54 Å². The minimum Gasteiger partial charge on any atom is -0.383 e. The summed E-state index contributed by atoms with van der Waals surface area (Å²) in [6.07, 6.45) is 1.77. The van der Waals surface area contributed by atoms with E-state index in [1.54, 1.807) is 6.33 Å². The predicted octanol–water partition coefficient (Wildman–Crippen LogP) is 4.14. The highest BCUT2D eigenvalue weighted by molar-refractivity contribution is 6.31.